The highest BCUT2D eigenvalue weighted by atomic mass is 16.5. The summed E-state index contributed by atoms with van der Waals surface area (Å²) < 4.78 is 7.10. The average molecular weight is 301 g/mol. The van der Waals surface area contributed by atoms with E-state index in [9.17, 15) is 4.79 Å². The Hall–Kier alpha value is -2.38. The average Bonchev–Trinajstić information content (AvgIpc) is 2.90. The number of nitrogens with one attached hydrogen (secondary N) is 1. The van der Waals surface area contributed by atoms with E-state index in [1.807, 2.05) is 19.1 Å². The van der Waals surface area contributed by atoms with Crippen molar-refractivity contribution in [2.24, 2.45) is 11.5 Å². The summed E-state index contributed by atoms with van der Waals surface area (Å²) in [5.41, 5.74) is 13.2. The lowest BCUT2D eigenvalue weighted by Gasteiger charge is -2.12. The molecule has 0 amide bonds. The van der Waals surface area contributed by atoms with Crippen LogP contribution in [0.1, 0.15) is 12.1 Å². The van der Waals surface area contributed by atoms with E-state index in [2.05, 4.69) is 10.2 Å². The van der Waals surface area contributed by atoms with Crippen molar-refractivity contribution in [2.75, 3.05) is 13.3 Å². The van der Waals surface area contributed by atoms with Gasteiger partial charge in [0.2, 0.25) is 0 Å². The summed E-state index contributed by atoms with van der Waals surface area (Å²) in [6.45, 7) is 3.05. The Kier molecular flexibility index (Phi) is 3.82. The molecular weight excluding hydrogens is 282 g/mol. The van der Waals surface area contributed by atoms with Crippen molar-refractivity contribution in [3.63, 3.8) is 0 Å². The van der Waals surface area contributed by atoms with Crippen LogP contribution in [-0.2, 0) is 6.54 Å². The van der Waals surface area contributed by atoms with Crippen LogP contribution in [0.4, 0.5) is 0 Å². The predicted molar refractivity (Wildman–Crippen MR) is 86.0 cm³/mol. The van der Waals surface area contributed by atoms with Crippen LogP contribution in [0.5, 0.6) is 5.75 Å². The SMILES string of the molecule is Cc1[nH]nc2c1c(=O)n(CCCN)c1ccc(OCN)cc21. The minimum absolute atomic E-state index is 0.0466. The molecule has 0 radical (unpaired) electrons. The lowest BCUT2D eigenvalue weighted by Crippen LogP contribution is -2.22. The Morgan fingerprint density at radius 1 is 1.36 bits per heavy atom. The van der Waals surface area contributed by atoms with E-state index in [1.54, 1.807) is 10.6 Å². The highest BCUT2D eigenvalue weighted by molar-refractivity contribution is 6.04. The Morgan fingerprint density at radius 2 is 2.18 bits per heavy atom. The first-order valence-electron chi connectivity index (χ1n) is 7.21. The number of pyridine rings is 1. The summed E-state index contributed by atoms with van der Waals surface area (Å²) in [5.74, 6) is 0.654. The van der Waals surface area contributed by atoms with Crippen molar-refractivity contribution >= 4 is 21.8 Å². The third-order valence-corrected chi connectivity index (χ3v) is 3.76. The van der Waals surface area contributed by atoms with Gasteiger partial charge in [0.15, 0.2) is 0 Å². The molecule has 0 aliphatic rings. The van der Waals surface area contributed by atoms with Gasteiger partial charge in [-0.2, -0.15) is 5.10 Å². The van der Waals surface area contributed by atoms with Gasteiger partial charge < -0.3 is 15.0 Å². The summed E-state index contributed by atoms with van der Waals surface area (Å²) in [4.78, 5) is 12.8. The molecule has 1 aromatic carbocycles. The molecule has 0 bridgehead atoms. The molecule has 0 saturated carbocycles. The fourth-order valence-corrected chi connectivity index (χ4v) is 2.73. The van der Waals surface area contributed by atoms with Gasteiger partial charge in [-0.3, -0.25) is 15.6 Å². The zero-order valence-electron chi connectivity index (χ0n) is 12.4. The summed E-state index contributed by atoms with van der Waals surface area (Å²) in [7, 11) is 0. The molecule has 22 heavy (non-hydrogen) atoms. The molecule has 116 valence electrons. The van der Waals surface area contributed by atoms with Crippen molar-refractivity contribution in [1.29, 1.82) is 0 Å². The number of hydrogen-bond donors (Lipinski definition) is 3. The molecule has 3 aromatic rings. The van der Waals surface area contributed by atoms with Crippen LogP contribution >= 0.6 is 0 Å². The van der Waals surface area contributed by atoms with Gasteiger partial charge in [-0.05, 0) is 38.1 Å². The standard InChI is InChI=1S/C15H19N5O2/c1-9-13-14(19-18-9)11-7-10(22-8-17)3-4-12(11)20(15(13)21)6-2-5-16/h3-4,7H,2,5-6,8,16-17H2,1H3,(H,18,19). The van der Waals surface area contributed by atoms with Crippen LogP contribution in [0.3, 0.4) is 0 Å². The van der Waals surface area contributed by atoms with E-state index in [-0.39, 0.29) is 12.3 Å². The van der Waals surface area contributed by atoms with Crippen LogP contribution in [0.25, 0.3) is 21.8 Å². The quantitative estimate of drug-likeness (QED) is 0.604. The van der Waals surface area contributed by atoms with Gasteiger partial charge in [0, 0.05) is 17.6 Å². The third kappa shape index (κ3) is 2.24. The van der Waals surface area contributed by atoms with Crippen LogP contribution in [0.15, 0.2) is 23.0 Å². The number of ether oxygens (including phenoxy) is 1. The van der Waals surface area contributed by atoms with Gasteiger partial charge >= 0.3 is 0 Å². The molecule has 2 aromatic heterocycles. The van der Waals surface area contributed by atoms with E-state index >= 15 is 0 Å². The Bertz CT molecular complexity index is 881. The number of fused-ring (bicyclic) bond motifs is 3. The molecule has 0 spiro atoms. The van der Waals surface area contributed by atoms with Gasteiger partial charge in [-0.25, -0.2) is 0 Å². The van der Waals surface area contributed by atoms with E-state index in [1.165, 1.54) is 0 Å². The predicted octanol–water partition coefficient (Wildman–Crippen LogP) is 0.830. The summed E-state index contributed by atoms with van der Waals surface area (Å²) in [6.07, 6.45) is 0.735. The Balaban J connectivity index is 2.37. The Labute approximate surface area is 126 Å². The number of aromatic amines is 1. The number of nitrogens with zero attached hydrogens (tertiary/aromatic N) is 2. The molecule has 7 nitrogen and oxygen atoms in total. The minimum atomic E-state index is -0.0466. The third-order valence-electron chi connectivity index (χ3n) is 3.76. The van der Waals surface area contributed by atoms with Crippen molar-refractivity contribution in [3.8, 4) is 5.75 Å². The van der Waals surface area contributed by atoms with E-state index in [4.69, 9.17) is 16.2 Å². The first kappa shape index (κ1) is 14.6. The summed E-state index contributed by atoms with van der Waals surface area (Å²) in [5, 5.41) is 8.64. The number of aryl methyl sites for hydroxylation is 2. The molecule has 0 aliphatic heterocycles. The first-order chi connectivity index (χ1) is 10.7. The molecule has 7 heteroatoms. The maximum Gasteiger partial charge on any atom is 0.262 e. The van der Waals surface area contributed by atoms with Gasteiger partial charge in [0.25, 0.3) is 5.56 Å². The normalized spacial score (nSPS) is 11.4. The van der Waals surface area contributed by atoms with Crippen molar-refractivity contribution in [3.05, 3.63) is 34.2 Å². The molecular formula is C15H19N5O2. The molecule has 0 fully saturated rings. The second-order valence-corrected chi connectivity index (χ2v) is 5.16. The number of nitrogens with two attached hydrogens (primary N) is 2. The monoisotopic (exact) mass is 301 g/mol. The second kappa shape index (κ2) is 5.78. The maximum absolute atomic E-state index is 12.8. The molecule has 0 atom stereocenters. The van der Waals surface area contributed by atoms with Gasteiger partial charge in [0.05, 0.1) is 10.9 Å². The zero-order chi connectivity index (χ0) is 15.7. The molecule has 2 heterocycles. The van der Waals surface area contributed by atoms with E-state index in [0.717, 1.165) is 23.0 Å². The number of H-pyrrole nitrogens is 1. The van der Waals surface area contributed by atoms with Gasteiger partial charge in [0.1, 0.15) is 18.0 Å². The number of rotatable bonds is 5. The second-order valence-electron chi connectivity index (χ2n) is 5.16. The fraction of sp³-hybridized carbons (Fsp3) is 0.333. The topological polar surface area (TPSA) is 112 Å². The first-order valence-corrected chi connectivity index (χ1v) is 7.21. The lowest BCUT2D eigenvalue weighted by molar-refractivity contribution is 0.330. The lowest BCUT2D eigenvalue weighted by atomic mass is 10.1. The molecule has 3 rings (SSSR count). The van der Waals surface area contributed by atoms with Crippen molar-refractivity contribution in [1.82, 2.24) is 14.8 Å². The van der Waals surface area contributed by atoms with Crippen LogP contribution in [0.2, 0.25) is 0 Å². The highest BCUT2D eigenvalue weighted by Gasteiger charge is 2.15. The van der Waals surface area contributed by atoms with Crippen molar-refractivity contribution < 1.29 is 4.74 Å². The molecule has 0 saturated heterocycles. The van der Waals surface area contributed by atoms with E-state index < -0.39 is 0 Å². The Morgan fingerprint density at radius 3 is 2.91 bits per heavy atom. The minimum Gasteiger partial charge on any atom is -0.479 e. The highest BCUT2D eigenvalue weighted by Crippen LogP contribution is 2.26. The largest absolute Gasteiger partial charge is 0.479 e. The molecule has 5 N–H and O–H groups in total. The number of hydrogen-bond acceptors (Lipinski definition) is 5. The van der Waals surface area contributed by atoms with Crippen LogP contribution in [-0.4, -0.2) is 28.0 Å². The zero-order valence-corrected chi connectivity index (χ0v) is 12.4. The van der Waals surface area contributed by atoms with Crippen LogP contribution in [0, 0.1) is 6.92 Å². The van der Waals surface area contributed by atoms with Gasteiger partial charge in [-0.1, -0.05) is 0 Å². The number of benzene rings is 1. The van der Waals surface area contributed by atoms with E-state index in [0.29, 0.717) is 29.7 Å². The maximum atomic E-state index is 12.8. The number of aromatic nitrogens is 3. The summed E-state index contributed by atoms with van der Waals surface area (Å²) >= 11 is 0. The molecule has 0 unspecified atom stereocenters. The molecule has 0 aliphatic carbocycles. The van der Waals surface area contributed by atoms with Gasteiger partial charge in [-0.15, -0.1) is 0 Å². The summed E-state index contributed by atoms with van der Waals surface area (Å²) in [6, 6.07) is 5.53. The van der Waals surface area contributed by atoms with Crippen molar-refractivity contribution in [2.45, 2.75) is 19.9 Å². The van der Waals surface area contributed by atoms with Crippen LogP contribution < -0.4 is 21.8 Å². The smallest absolute Gasteiger partial charge is 0.262 e. The fourth-order valence-electron chi connectivity index (χ4n) is 2.73.